The number of urea groups is 1. The minimum atomic E-state index is -0.577. The van der Waals surface area contributed by atoms with E-state index in [-0.39, 0.29) is 12.3 Å². The van der Waals surface area contributed by atoms with Gasteiger partial charge in [-0.1, -0.05) is 6.07 Å². The Morgan fingerprint density at radius 2 is 2.05 bits per heavy atom. The summed E-state index contributed by atoms with van der Waals surface area (Å²) >= 11 is 5.42. The van der Waals surface area contributed by atoms with E-state index in [1.165, 1.54) is 0 Å². The van der Waals surface area contributed by atoms with Crippen LogP contribution >= 0.6 is 11.6 Å². The number of hydrogen-bond acceptors (Lipinski definition) is 3. The Labute approximate surface area is 115 Å². The molecule has 0 saturated heterocycles. The molecule has 0 atom stereocenters. The Bertz CT molecular complexity index is 610. The van der Waals surface area contributed by atoms with Crippen LogP contribution in [0.3, 0.4) is 0 Å². The third kappa shape index (κ3) is 3.42. The molecule has 5 nitrogen and oxygen atoms in total. The second-order valence-corrected chi connectivity index (χ2v) is 4.19. The topological polar surface area (TPSA) is 71.1 Å². The molecule has 0 aliphatic heterocycles. The fraction of sp³-hybridized carbons (Fsp3) is 0.154. The van der Waals surface area contributed by atoms with Gasteiger partial charge in [-0.05, 0) is 24.3 Å². The second kappa shape index (κ2) is 6.15. The lowest BCUT2D eigenvalue weighted by Gasteiger charge is -2.08. The largest absolute Gasteiger partial charge is 0.325 e. The average Bonchev–Trinajstić information content (AvgIpc) is 2.39. The number of halogens is 1. The molecule has 0 unspecified atom stereocenters. The van der Waals surface area contributed by atoms with Crippen molar-refractivity contribution in [3.05, 3.63) is 36.5 Å². The predicted octanol–water partition coefficient (Wildman–Crippen LogP) is 2.51. The molecule has 1 heterocycles. The van der Waals surface area contributed by atoms with Gasteiger partial charge in [-0.25, -0.2) is 4.79 Å². The minimum Gasteiger partial charge on any atom is -0.307 e. The van der Waals surface area contributed by atoms with Crippen LogP contribution in [0.1, 0.15) is 6.42 Å². The van der Waals surface area contributed by atoms with Crippen molar-refractivity contribution in [3.63, 3.8) is 0 Å². The van der Waals surface area contributed by atoms with Crippen LogP contribution in [0, 0.1) is 0 Å². The monoisotopic (exact) mass is 277 g/mol. The van der Waals surface area contributed by atoms with Crippen molar-refractivity contribution in [2.45, 2.75) is 6.42 Å². The SMILES string of the molecule is O=C(CCCl)NC(=O)Nc1cccc2ncccc12. The van der Waals surface area contributed by atoms with E-state index in [1.54, 1.807) is 24.4 Å². The van der Waals surface area contributed by atoms with E-state index in [0.29, 0.717) is 5.69 Å². The van der Waals surface area contributed by atoms with Gasteiger partial charge in [-0.15, -0.1) is 11.6 Å². The van der Waals surface area contributed by atoms with Crippen molar-refractivity contribution in [1.29, 1.82) is 0 Å². The van der Waals surface area contributed by atoms with Crippen LogP contribution in [0.2, 0.25) is 0 Å². The molecule has 2 aromatic rings. The average molecular weight is 278 g/mol. The molecule has 0 aliphatic rings. The normalized spacial score (nSPS) is 10.2. The van der Waals surface area contributed by atoms with Gasteiger partial charge in [0.15, 0.2) is 0 Å². The first kappa shape index (κ1) is 13.3. The van der Waals surface area contributed by atoms with Gasteiger partial charge in [0.25, 0.3) is 0 Å². The number of nitrogens with zero attached hydrogens (tertiary/aromatic N) is 1. The number of amides is 3. The van der Waals surface area contributed by atoms with Crippen molar-refractivity contribution in [2.75, 3.05) is 11.2 Å². The number of hydrogen-bond donors (Lipinski definition) is 2. The van der Waals surface area contributed by atoms with Crippen LogP contribution in [0.15, 0.2) is 36.5 Å². The van der Waals surface area contributed by atoms with Crippen molar-refractivity contribution >= 4 is 40.1 Å². The van der Waals surface area contributed by atoms with Crippen LogP contribution < -0.4 is 10.6 Å². The number of imide groups is 1. The summed E-state index contributed by atoms with van der Waals surface area (Å²) in [4.78, 5) is 27.1. The van der Waals surface area contributed by atoms with Crippen LogP contribution in [-0.4, -0.2) is 22.8 Å². The molecule has 1 aromatic carbocycles. The van der Waals surface area contributed by atoms with Crippen LogP contribution in [0.5, 0.6) is 0 Å². The highest BCUT2D eigenvalue weighted by Crippen LogP contribution is 2.20. The summed E-state index contributed by atoms with van der Waals surface area (Å²) in [6.07, 6.45) is 1.78. The summed E-state index contributed by atoms with van der Waals surface area (Å²) in [5.41, 5.74) is 1.37. The van der Waals surface area contributed by atoms with Gasteiger partial charge in [0.1, 0.15) is 0 Å². The summed E-state index contributed by atoms with van der Waals surface area (Å²) in [5, 5.41) is 5.63. The van der Waals surface area contributed by atoms with E-state index < -0.39 is 11.9 Å². The third-order valence-corrected chi connectivity index (χ3v) is 2.66. The minimum absolute atomic E-state index is 0.103. The van der Waals surface area contributed by atoms with E-state index in [4.69, 9.17) is 11.6 Å². The lowest BCUT2D eigenvalue weighted by molar-refractivity contribution is -0.119. The van der Waals surface area contributed by atoms with Gasteiger partial charge < -0.3 is 5.32 Å². The van der Waals surface area contributed by atoms with Crippen molar-refractivity contribution < 1.29 is 9.59 Å². The maximum atomic E-state index is 11.6. The van der Waals surface area contributed by atoms with Crippen LogP contribution in [0.4, 0.5) is 10.5 Å². The van der Waals surface area contributed by atoms with Gasteiger partial charge in [-0.3, -0.25) is 15.1 Å². The number of carbonyl (C=O) groups excluding carboxylic acids is 2. The van der Waals surface area contributed by atoms with Gasteiger partial charge in [0.05, 0.1) is 11.2 Å². The number of carbonyl (C=O) groups is 2. The van der Waals surface area contributed by atoms with Crippen LogP contribution in [-0.2, 0) is 4.79 Å². The van der Waals surface area contributed by atoms with Gasteiger partial charge in [0, 0.05) is 23.9 Å². The molecular formula is C13H12ClN3O2. The second-order valence-electron chi connectivity index (χ2n) is 3.82. The smallest absolute Gasteiger partial charge is 0.307 e. The van der Waals surface area contributed by atoms with Gasteiger partial charge in [0.2, 0.25) is 5.91 Å². The highest BCUT2D eigenvalue weighted by Gasteiger charge is 2.09. The number of nitrogens with one attached hydrogen (secondary N) is 2. The third-order valence-electron chi connectivity index (χ3n) is 2.47. The number of alkyl halides is 1. The number of rotatable bonds is 3. The molecule has 0 spiro atoms. The fourth-order valence-corrected chi connectivity index (χ4v) is 1.81. The van der Waals surface area contributed by atoms with E-state index >= 15 is 0 Å². The summed E-state index contributed by atoms with van der Waals surface area (Å²) in [5.74, 6) is -0.233. The lowest BCUT2D eigenvalue weighted by atomic mass is 10.2. The van der Waals surface area contributed by atoms with Crippen molar-refractivity contribution in [1.82, 2.24) is 10.3 Å². The zero-order chi connectivity index (χ0) is 13.7. The first-order chi connectivity index (χ1) is 9.20. The quantitative estimate of drug-likeness (QED) is 0.847. The molecule has 0 bridgehead atoms. The molecule has 3 amide bonds. The molecule has 98 valence electrons. The Morgan fingerprint density at radius 3 is 2.84 bits per heavy atom. The molecule has 0 radical (unpaired) electrons. The number of fused-ring (bicyclic) bond motifs is 1. The van der Waals surface area contributed by atoms with Gasteiger partial charge >= 0.3 is 6.03 Å². The maximum absolute atomic E-state index is 11.6. The molecular weight excluding hydrogens is 266 g/mol. The first-order valence-corrected chi connectivity index (χ1v) is 6.24. The summed E-state index contributed by atoms with van der Waals surface area (Å²) in [6, 6.07) is 8.42. The Morgan fingerprint density at radius 1 is 1.21 bits per heavy atom. The molecule has 1 aromatic heterocycles. The van der Waals surface area contributed by atoms with E-state index in [0.717, 1.165) is 10.9 Å². The zero-order valence-corrected chi connectivity index (χ0v) is 10.8. The van der Waals surface area contributed by atoms with Gasteiger partial charge in [-0.2, -0.15) is 0 Å². The molecule has 2 rings (SSSR count). The zero-order valence-electron chi connectivity index (χ0n) is 10.0. The summed E-state index contributed by atoms with van der Waals surface area (Å²) < 4.78 is 0. The molecule has 2 N–H and O–H groups in total. The number of anilines is 1. The van der Waals surface area contributed by atoms with Crippen molar-refractivity contribution in [2.24, 2.45) is 0 Å². The fourth-order valence-electron chi connectivity index (χ4n) is 1.64. The molecule has 6 heteroatoms. The molecule has 0 fully saturated rings. The Hall–Kier alpha value is -2.14. The summed E-state index contributed by atoms with van der Waals surface area (Å²) in [7, 11) is 0. The number of benzene rings is 1. The first-order valence-electron chi connectivity index (χ1n) is 5.71. The molecule has 0 saturated carbocycles. The highest BCUT2D eigenvalue weighted by atomic mass is 35.5. The Balaban J connectivity index is 2.13. The highest BCUT2D eigenvalue weighted by molar-refractivity contribution is 6.19. The Kier molecular flexibility index (Phi) is 4.30. The predicted molar refractivity (Wildman–Crippen MR) is 74.2 cm³/mol. The summed E-state index contributed by atoms with van der Waals surface area (Å²) in [6.45, 7) is 0. The molecule has 0 aliphatic carbocycles. The number of aromatic nitrogens is 1. The standard InChI is InChI=1S/C13H12ClN3O2/c14-7-6-12(18)17-13(19)16-11-5-1-4-10-9(11)3-2-8-15-10/h1-5,8H,6-7H2,(H2,16,17,18,19). The lowest BCUT2D eigenvalue weighted by Crippen LogP contribution is -2.34. The molecule has 19 heavy (non-hydrogen) atoms. The number of pyridine rings is 1. The maximum Gasteiger partial charge on any atom is 0.325 e. The van der Waals surface area contributed by atoms with E-state index in [2.05, 4.69) is 15.6 Å². The van der Waals surface area contributed by atoms with E-state index in [9.17, 15) is 9.59 Å². The van der Waals surface area contributed by atoms with Crippen LogP contribution in [0.25, 0.3) is 10.9 Å². The van der Waals surface area contributed by atoms with E-state index in [1.807, 2.05) is 12.1 Å². The van der Waals surface area contributed by atoms with Crippen molar-refractivity contribution in [3.8, 4) is 0 Å².